The van der Waals surface area contributed by atoms with Crippen LogP contribution in [0.4, 0.5) is 0 Å². The molecule has 1 heterocycles. The van der Waals surface area contributed by atoms with Crippen molar-refractivity contribution in [3.05, 3.63) is 83.9 Å². The van der Waals surface area contributed by atoms with E-state index in [4.69, 9.17) is 0 Å². The van der Waals surface area contributed by atoms with Crippen LogP contribution in [-0.4, -0.2) is 55.5 Å². The van der Waals surface area contributed by atoms with Crippen molar-refractivity contribution in [3.63, 3.8) is 0 Å². The molecule has 0 spiro atoms. The maximum atomic E-state index is 13.1. The highest BCUT2D eigenvalue weighted by Crippen LogP contribution is 2.21. The zero-order chi connectivity index (χ0) is 21.6. The number of fused-ring (bicyclic) bond motifs is 1. The molecule has 4 nitrogen and oxygen atoms in total. The quantitative estimate of drug-likeness (QED) is 0.626. The maximum absolute atomic E-state index is 13.1. The van der Waals surface area contributed by atoms with Gasteiger partial charge in [0.05, 0.1) is 12.5 Å². The topological polar surface area (TPSA) is 35.6 Å². The zero-order valence-corrected chi connectivity index (χ0v) is 18.6. The molecular weight excluding hydrogens is 382 g/mol. The summed E-state index contributed by atoms with van der Waals surface area (Å²) in [6, 6.07) is 25.4. The van der Waals surface area contributed by atoms with Gasteiger partial charge in [-0.1, -0.05) is 72.8 Å². The lowest BCUT2D eigenvalue weighted by Gasteiger charge is -2.37. The number of rotatable bonds is 7. The standard InChI is InChI=1S/C27H33N3O/c1-29-17-15-24(16-18-29)30(2)20-26(22-10-4-3-5-11-22)28-27(31)19-23-13-8-12-21-9-6-7-14-25(21)23/h3-14,24,26H,15-20H2,1-2H3,(H,28,31)/t26-/m0/s1. The summed E-state index contributed by atoms with van der Waals surface area (Å²) >= 11 is 0. The Morgan fingerprint density at radius 3 is 2.45 bits per heavy atom. The third kappa shape index (κ3) is 5.52. The summed E-state index contributed by atoms with van der Waals surface area (Å²) in [7, 11) is 4.39. The first-order chi connectivity index (χ1) is 15.1. The first-order valence-electron chi connectivity index (χ1n) is 11.3. The number of likely N-dealkylation sites (N-methyl/N-ethyl adjacent to an activating group) is 1. The van der Waals surface area contributed by atoms with Crippen LogP contribution in [0.1, 0.15) is 30.0 Å². The van der Waals surface area contributed by atoms with E-state index in [1.165, 1.54) is 18.2 Å². The second kappa shape index (κ2) is 10.1. The Balaban J connectivity index is 1.47. The van der Waals surface area contributed by atoms with E-state index in [0.29, 0.717) is 12.5 Å². The lowest BCUT2D eigenvalue weighted by molar-refractivity contribution is -0.121. The van der Waals surface area contributed by atoms with Gasteiger partial charge in [-0.25, -0.2) is 0 Å². The lowest BCUT2D eigenvalue weighted by atomic mass is 10.00. The average molecular weight is 416 g/mol. The van der Waals surface area contributed by atoms with Crippen molar-refractivity contribution in [2.24, 2.45) is 0 Å². The number of nitrogens with one attached hydrogen (secondary N) is 1. The normalized spacial score (nSPS) is 16.5. The van der Waals surface area contributed by atoms with E-state index in [-0.39, 0.29) is 11.9 Å². The molecule has 1 fully saturated rings. The van der Waals surface area contributed by atoms with Gasteiger partial charge in [0.15, 0.2) is 0 Å². The Kier molecular flexibility index (Phi) is 7.00. The Morgan fingerprint density at radius 1 is 1.00 bits per heavy atom. The second-order valence-corrected chi connectivity index (χ2v) is 8.82. The van der Waals surface area contributed by atoms with Crippen LogP contribution in [0.5, 0.6) is 0 Å². The SMILES string of the molecule is CN1CCC(N(C)C[C@H](NC(=O)Cc2cccc3ccccc23)c2ccccc2)CC1. The highest BCUT2D eigenvalue weighted by Gasteiger charge is 2.24. The zero-order valence-electron chi connectivity index (χ0n) is 18.6. The molecule has 3 aromatic carbocycles. The highest BCUT2D eigenvalue weighted by molar-refractivity contribution is 5.90. The number of likely N-dealkylation sites (tertiary alicyclic amines) is 1. The molecule has 162 valence electrons. The molecule has 1 atom stereocenters. The van der Waals surface area contributed by atoms with Crippen LogP contribution in [0.3, 0.4) is 0 Å². The molecule has 4 rings (SSSR count). The van der Waals surface area contributed by atoms with Gasteiger partial charge >= 0.3 is 0 Å². The summed E-state index contributed by atoms with van der Waals surface area (Å²) in [5, 5.41) is 5.66. The summed E-state index contributed by atoms with van der Waals surface area (Å²) in [5.74, 6) is 0.0713. The van der Waals surface area contributed by atoms with Gasteiger partial charge in [0, 0.05) is 12.6 Å². The molecule has 1 aliphatic rings. The smallest absolute Gasteiger partial charge is 0.224 e. The Morgan fingerprint density at radius 2 is 1.68 bits per heavy atom. The third-order valence-corrected chi connectivity index (χ3v) is 6.55. The van der Waals surface area contributed by atoms with Crippen LogP contribution < -0.4 is 5.32 Å². The molecule has 1 amide bonds. The number of benzene rings is 3. The molecule has 0 unspecified atom stereocenters. The van der Waals surface area contributed by atoms with E-state index >= 15 is 0 Å². The lowest BCUT2D eigenvalue weighted by Crippen LogP contribution is -2.45. The van der Waals surface area contributed by atoms with Crippen LogP contribution >= 0.6 is 0 Å². The van der Waals surface area contributed by atoms with E-state index in [1.54, 1.807) is 0 Å². The first-order valence-corrected chi connectivity index (χ1v) is 11.3. The summed E-state index contributed by atoms with van der Waals surface area (Å²) in [5.41, 5.74) is 2.24. The van der Waals surface area contributed by atoms with E-state index in [2.05, 4.69) is 77.7 Å². The van der Waals surface area contributed by atoms with Crippen molar-refractivity contribution in [2.75, 3.05) is 33.7 Å². The van der Waals surface area contributed by atoms with Gasteiger partial charge in [-0.2, -0.15) is 0 Å². The fourth-order valence-electron chi connectivity index (χ4n) is 4.66. The summed E-state index contributed by atoms with van der Waals surface area (Å²) < 4.78 is 0. The molecule has 0 bridgehead atoms. The molecule has 4 heteroatoms. The summed E-state index contributed by atoms with van der Waals surface area (Å²) in [6.45, 7) is 3.09. The number of piperidine rings is 1. The number of carbonyl (C=O) groups excluding carboxylic acids is 1. The summed E-state index contributed by atoms with van der Waals surface area (Å²) in [4.78, 5) is 17.9. The van der Waals surface area contributed by atoms with E-state index < -0.39 is 0 Å². The van der Waals surface area contributed by atoms with Gasteiger partial charge in [-0.15, -0.1) is 0 Å². The minimum Gasteiger partial charge on any atom is -0.348 e. The average Bonchev–Trinajstić information content (AvgIpc) is 2.80. The number of amides is 1. The minimum absolute atomic E-state index is 0.0201. The molecule has 0 aliphatic carbocycles. The molecular formula is C27H33N3O. The van der Waals surface area contributed by atoms with Gasteiger partial charge in [-0.05, 0) is 61.9 Å². The fourth-order valence-corrected chi connectivity index (χ4v) is 4.66. The molecule has 1 saturated heterocycles. The van der Waals surface area contributed by atoms with E-state index in [0.717, 1.165) is 36.1 Å². The van der Waals surface area contributed by atoms with Crippen LogP contribution in [0.2, 0.25) is 0 Å². The van der Waals surface area contributed by atoms with Crippen LogP contribution in [0, 0.1) is 0 Å². The third-order valence-electron chi connectivity index (χ3n) is 6.55. The van der Waals surface area contributed by atoms with Gasteiger partial charge in [0.25, 0.3) is 0 Å². The predicted molar refractivity (Wildman–Crippen MR) is 128 cm³/mol. The van der Waals surface area contributed by atoms with Crippen molar-refractivity contribution >= 4 is 16.7 Å². The Bertz CT molecular complexity index is 990. The molecule has 31 heavy (non-hydrogen) atoms. The minimum atomic E-state index is -0.0201. The van der Waals surface area contributed by atoms with Gasteiger partial charge in [0.2, 0.25) is 5.91 Å². The van der Waals surface area contributed by atoms with Crippen LogP contribution in [0.15, 0.2) is 72.8 Å². The predicted octanol–water partition coefficient (Wildman–Crippen LogP) is 4.27. The van der Waals surface area contributed by atoms with Crippen LogP contribution in [0.25, 0.3) is 10.8 Å². The van der Waals surface area contributed by atoms with Crippen molar-refractivity contribution in [1.82, 2.24) is 15.1 Å². The van der Waals surface area contributed by atoms with E-state index in [1.807, 2.05) is 24.3 Å². The van der Waals surface area contributed by atoms with Gasteiger partial charge in [-0.3, -0.25) is 4.79 Å². The Hall–Kier alpha value is -2.69. The summed E-state index contributed by atoms with van der Waals surface area (Å²) in [6.07, 6.45) is 2.75. The number of hydrogen-bond acceptors (Lipinski definition) is 3. The van der Waals surface area contributed by atoms with Crippen molar-refractivity contribution in [3.8, 4) is 0 Å². The molecule has 3 aromatic rings. The van der Waals surface area contributed by atoms with Gasteiger partial charge in [0.1, 0.15) is 0 Å². The number of hydrogen-bond donors (Lipinski definition) is 1. The Labute approximate surface area is 185 Å². The molecule has 1 N–H and O–H groups in total. The van der Waals surface area contributed by atoms with Crippen molar-refractivity contribution in [1.29, 1.82) is 0 Å². The number of nitrogens with zero attached hydrogens (tertiary/aromatic N) is 2. The molecule has 1 aliphatic heterocycles. The second-order valence-electron chi connectivity index (χ2n) is 8.82. The van der Waals surface area contributed by atoms with Crippen molar-refractivity contribution in [2.45, 2.75) is 31.3 Å². The maximum Gasteiger partial charge on any atom is 0.224 e. The first kappa shape index (κ1) is 21.5. The monoisotopic (exact) mass is 415 g/mol. The van der Waals surface area contributed by atoms with Gasteiger partial charge < -0.3 is 15.1 Å². The van der Waals surface area contributed by atoms with E-state index in [9.17, 15) is 4.79 Å². The molecule has 0 saturated carbocycles. The largest absolute Gasteiger partial charge is 0.348 e. The molecule has 0 radical (unpaired) electrons. The highest BCUT2D eigenvalue weighted by atomic mass is 16.1. The fraction of sp³-hybridized carbons (Fsp3) is 0.370. The van der Waals surface area contributed by atoms with Crippen molar-refractivity contribution < 1.29 is 4.79 Å². The molecule has 0 aromatic heterocycles. The number of carbonyl (C=O) groups is 1. The van der Waals surface area contributed by atoms with Crippen LogP contribution in [-0.2, 0) is 11.2 Å².